The Balaban J connectivity index is 1.69. The predicted octanol–water partition coefficient (Wildman–Crippen LogP) is 7.18. The van der Waals surface area contributed by atoms with Crippen LogP contribution in [-0.4, -0.2) is 31.4 Å². The number of thiazole rings is 1. The quantitative estimate of drug-likeness (QED) is 0.131. The molecule has 0 N–H and O–H groups in total. The topological polar surface area (TPSA) is 88.4 Å². The zero-order valence-corrected chi connectivity index (χ0v) is 31.4. The molecule has 5 rings (SSSR count). The van der Waals surface area contributed by atoms with E-state index in [1.807, 2.05) is 36.4 Å². The smallest absolute Gasteiger partial charge is 0.338 e. The van der Waals surface area contributed by atoms with Gasteiger partial charge in [-0.3, -0.25) is 9.36 Å². The van der Waals surface area contributed by atoms with E-state index in [2.05, 4.69) is 54.5 Å². The van der Waals surface area contributed by atoms with Crippen LogP contribution in [0, 0.1) is 3.57 Å². The molecular formula is C32H26Br2ClIN2O6S. The minimum absolute atomic E-state index is 0.167. The highest BCUT2D eigenvalue weighted by Crippen LogP contribution is 2.41. The zero-order chi connectivity index (χ0) is 32.4. The molecule has 234 valence electrons. The number of aromatic nitrogens is 1. The Hall–Kier alpha value is -2.65. The Morgan fingerprint density at radius 2 is 1.80 bits per heavy atom. The van der Waals surface area contributed by atoms with Crippen molar-refractivity contribution in [2.24, 2.45) is 4.99 Å². The zero-order valence-electron chi connectivity index (χ0n) is 24.5. The average Bonchev–Trinajstić information content (AvgIpc) is 3.30. The number of carbonyl (C=O) groups is 1. The van der Waals surface area contributed by atoms with E-state index in [4.69, 9.17) is 35.5 Å². The minimum Gasteiger partial charge on any atom is -0.493 e. The van der Waals surface area contributed by atoms with E-state index in [-0.39, 0.29) is 17.7 Å². The van der Waals surface area contributed by atoms with Crippen molar-refractivity contribution < 1.29 is 23.7 Å². The van der Waals surface area contributed by atoms with Crippen LogP contribution in [0.25, 0.3) is 6.08 Å². The van der Waals surface area contributed by atoms with E-state index in [0.29, 0.717) is 59.5 Å². The highest BCUT2D eigenvalue weighted by atomic mass is 127. The van der Waals surface area contributed by atoms with Crippen LogP contribution in [0.15, 0.2) is 78.5 Å². The summed E-state index contributed by atoms with van der Waals surface area (Å²) >= 11 is 16.7. The number of hydrogen-bond donors (Lipinski definition) is 0. The van der Waals surface area contributed by atoms with Gasteiger partial charge in [0, 0.05) is 19.5 Å². The maximum Gasteiger partial charge on any atom is 0.338 e. The first-order valence-corrected chi connectivity index (χ1v) is 17.4. The molecule has 0 spiro atoms. The first kappa shape index (κ1) is 33.7. The van der Waals surface area contributed by atoms with Gasteiger partial charge in [0.15, 0.2) is 16.3 Å². The highest BCUT2D eigenvalue weighted by Gasteiger charge is 2.35. The number of ether oxygens (including phenoxy) is 4. The molecular weight excluding hydrogens is 863 g/mol. The van der Waals surface area contributed by atoms with Gasteiger partial charge in [0.1, 0.15) is 12.4 Å². The molecule has 0 radical (unpaired) electrons. The third-order valence-electron chi connectivity index (χ3n) is 6.93. The standard InChI is InChI=1S/C32H26Br2ClIN2O6S/c1-5-43-31(40)27-16(2)37-32-38(28(27)21-13-24(41-3)25(42-4)14-22(21)34)30(39)26(45-32)11-18-10-19(33)12-23(36)29(18)44-15-17-6-8-20(35)9-7-17/h6-14,28H,5,15H2,1-4H3/b26-11-/t28-/m1/s1. The third kappa shape index (κ3) is 7.04. The maximum atomic E-state index is 14.3. The molecule has 0 bridgehead atoms. The number of carbonyl (C=O) groups excluding carboxylic acids is 1. The lowest BCUT2D eigenvalue weighted by molar-refractivity contribution is -0.139. The lowest BCUT2D eigenvalue weighted by Crippen LogP contribution is -2.40. The summed E-state index contributed by atoms with van der Waals surface area (Å²) in [5.41, 5.74) is 2.66. The molecule has 1 aliphatic rings. The summed E-state index contributed by atoms with van der Waals surface area (Å²) in [4.78, 5) is 32.8. The fourth-order valence-electron chi connectivity index (χ4n) is 4.88. The van der Waals surface area contributed by atoms with Gasteiger partial charge in [-0.1, -0.05) is 66.9 Å². The van der Waals surface area contributed by atoms with Gasteiger partial charge < -0.3 is 18.9 Å². The van der Waals surface area contributed by atoms with Crippen molar-refractivity contribution in [1.29, 1.82) is 0 Å². The largest absolute Gasteiger partial charge is 0.493 e. The van der Waals surface area contributed by atoms with Gasteiger partial charge in [0.2, 0.25) is 0 Å². The van der Waals surface area contributed by atoms with Gasteiger partial charge in [-0.25, -0.2) is 9.79 Å². The number of esters is 1. The normalized spacial score (nSPS) is 14.6. The van der Waals surface area contributed by atoms with Crippen LogP contribution in [0.4, 0.5) is 0 Å². The van der Waals surface area contributed by atoms with Gasteiger partial charge in [-0.15, -0.1) is 0 Å². The second-order valence-corrected chi connectivity index (χ2v) is 14.1. The molecule has 13 heteroatoms. The van der Waals surface area contributed by atoms with Crippen LogP contribution < -0.4 is 29.1 Å². The van der Waals surface area contributed by atoms with Crippen LogP contribution in [0.5, 0.6) is 17.2 Å². The number of benzene rings is 3. The summed E-state index contributed by atoms with van der Waals surface area (Å²) in [6.07, 6.45) is 1.79. The Morgan fingerprint density at radius 1 is 1.11 bits per heavy atom. The van der Waals surface area contributed by atoms with Crippen molar-refractivity contribution in [2.45, 2.75) is 26.5 Å². The lowest BCUT2D eigenvalue weighted by Gasteiger charge is -2.26. The first-order valence-electron chi connectivity index (χ1n) is 13.5. The Kier molecular flexibility index (Phi) is 10.8. The lowest BCUT2D eigenvalue weighted by atomic mass is 9.95. The van der Waals surface area contributed by atoms with Crippen molar-refractivity contribution in [2.75, 3.05) is 20.8 Å². The van der Waals surface area contributed by atoms with Gasteiger partial charge in [-0.05, 0) is 90.0 Å². The summed E-state index contributed by atoms with van der Waals surface area (Å²) in [5, 5.41) is 0.646. The van der Waals surface area contributed by atoms with Crippen molar-refractivity contribution in [3.63, 3.8) is 0 Å². The molecule has 8 nitrogen and oxygen atoms in total. The molecule has 1 atom stereocenters. The monoisotopic (exact) mass is 886 g/mol. The summed E-state index contributed by atoms with van der Waals surface area (Å²) < 4.78 is 27.0. The van der Waals surface area contributed by atoms with Crippen LogP contribution in [-0.2, 0) is 16.1 Å². The molecule has 1 aliphatic heterocycles. The molecule has 1 aromatic heterocycles. The number of hydrogen-bond acceptors (Lipinski definition) is 8. The molecule has 0 saturated heterocycles. The fourth-order valence-corrected chi connectivity index (χ4v) is 8.29. The Bertz CT molecular complexity index is 2010. The molecule has 0 saturated carbocycles. The maximum absolute atomic E-state index is 14.3. The van der Waals surface area contributed by atoms with Crippen molar-refractivity contribution >= 4 is 89.4 Å². The van der Waals surface area contributed by atoms with E-state index >= 15 is 0 Å². The SMILES string of the molecule is CCOC(=O)C1=C(C)N=c2s/c(=C\c3cc(Br)cc(I)c3OCc3ccc(Cl)cc3)c(=O)n2[C@@H]1c1cc(OC)c(OC)cc1Br. The van der Waals surface area contributed by atoms with Crippen molar-refractivity contribution in [3.8, 4) is 17.2 Å². The van der Waals surface area contributed by atoms with E-state index in [1.165, 1.54) is 30.1 Å². The number of methoxy groups -OCH3 is 2. The summed E-state index contributed by atoms with van der Waals surface area (Å²) in [5.74, 6) is 1.01. The highest BCUT2D eigenvalue weighted by molar-refractivity contribution is 14.1. The van der Waals surface area contributed by atoms with E-state index in [0.717, 1.165) is 13.6 Å². The molecule has 45 heavy (non-hydrogen) atoms. The van der Waals surface area contributed by atoms with Crippen LogP contribution >= 0.6 is 77.4 Å². The van der Waals surface area contributed by atoms with Gasteiger partial charge >= 0.3 is 5.97 Å². The second-order valence-electron chi connectivity index (χ2n) is 9.75. The number of rotatable bonds is 9. The van der Waals surface area contributed by atoms with Crippen LogP contribution in [0.2, 0.25) is 5.02 Å². The minimum atomic E-state index is -0.847. The van der Waals surface area contributed by atoms with Crippen molar-refractivity contribution in [3.05, 3.63) is 114 Å². The van der Waals surface area contributed by atoms with Gasteiger partial charge in [0.05, 0.1) is 46.2 Å². The third-order valence-corrected chi connectivity index (χ3v) is 10.1. The second kappa shape index (κ2) is 14.4. The van der Waals surface area contributed by atoms with E-state index in [1.54, 1.807) is 32.1 Å². The number of allylic oxidation sites excluding steroid dienone is 1. The van der Waals surface area contributed by atoms with Gasteiger partial charge in [0.25, 0.3) is 5.56 Å². The number of nitrogens with zero attached hydrogens (tertiary/aromatic N) is 2. The predicted molar refractivity (Wildman–Crippen MR) is 190 cm³/mol. The molecule has 0 amide bonds. The molecule has 0 aliphatic carbocycles. The summed E-state index contributed by atoms with van der Waals surface area (Å²) in [6.45, 7) is 3.95. The Labute approximate surface area is 298 Å². The van der Waals surface area contributed by atoms with E-state index in [9.17, 15) is 9.59 Å². The number of halogens is 4. The van der Waals surface area contributed by atoms with Gasteiger partial charge in [-0.2, -0.15) is 0 Å². The summed E-state index contributed by atoms with van der Waals surface area (Å²) in [7, 11) is 3.07. The first-order chi connectivity index (χ1) is 21.6. The molecule has 4 aromatic rings. The molecule has 0 fully saturated rings. The summed E-state index contributed by atoms with van der Waals surface area (Å²) in [6, 6.07) is 13.9. The molecule has 3 aromatic carbocycles. The van der Waals surface area contributed by atoms with Crippen molar-refractivity contribution in [1.82, 2.24) is 4.57 Å². The Morgan fingerprint density at radius 3 is 2.47 bits per heavy atom. The molecule has 2 heterocycles. The van der Waals surface area contributed by atoms with Crippen LogP contribution in [0.1, 0.15) is 36.6 Å². The van der Waals surface area contributed by atoms with E-state index < -0.39 is 12.0 Å². The van der Waals surface area contributed by atoms with Crippen LogP contribution in [0.3, 0.4) is 0 Å². The molecule has 0 unspecified atom stereocenters. The fraction of sp³-hybridized carbons (Fsp3) is 0.219. The average molecular weight is 889 g/mol. The number of fused-ring (bicyclic) bond motifs is 1.